The van der Waals surface area contributed by atoms with E-state index in [1.54, 1.807) is 7.11 Å². The molecule has 0 spiro atoms. The summed E-state index contributed by atoms with van der Waals surface area (Å²) in [6, 6.07) is 5.71. The quantitative estimate of drug-likeness (QED) is 0.795. The van der Waals surface area contributed by atoms with Crippen LogP contribution in [-0.4, -0.2) is 18.1 Å². The molecule has 1 aromatic rings. The van der Waals surface area contributed by atoms with Crippen LogP contribution in [0.25, 0.3) is 6.08 Å². The standard InChI is InChI=1S/C11H16N2O/c1-8(9(2)12)7-10-5-4-6-11(13-10)14-3/h4-7,9H,12H2,1-3H3/b8-7-. The predicted octanol–water partition coefficient (Wildman–Crippen LogP) is 1.84. The minimum Gasteiger partial charge on any atom is -0.481 e. The molecule has 2 N–H and O–H groups in total. The van der Waals surface area contributed by atoms with Crippen molar-refractivity contribution >= 4 is 6.08 Å². The van der Waals surface area contributed by atoms with Crippen LogP contribution in [0.3, 0.4) is 0 Å². The summed E-state index contributed by atoms with van der Waals surface area (Å²) < 4.78 is 5.03. The smallest absolute Gasteiger partial charge is 0.213 e. The van der Waals surface area contributed by atoms with Gasteiger partial charge >= 0.3 is 0 Å². The third kappa shape index (κ3) is 2.85. The van der Waals surface area contributed by atoms with Crippen LogP contribution < -0.4 is 10.5 Å². The van der Waals surface area contributed by atoms with Gasteiger partial charge in [0.25, 0.3) is 0 Å². The van der Waals surface area contributed by atoms with E-state index in [1.807, 2.05) is 38.1 Å². The van der Waals surface area contributed by atoms with Crippen molar-refractivity contribution in [1.29, 1.82) is 0 Å². The number of nitrogens with zero attached hydrogens (tertiary/aromatic N) is 1. The van der Waals surface area contributed by atoms with E-state index in [9.17, 15) is 0 Å². The number of pyridine rings is 1. The van der Waals surface area contributed by atoms with E-state index in [0.717, 1.165) is 11.3 Å². The Morgan fingerprint density at radius 2 is 2.29 bits per heavy atom. The first kappa shape index (κ1) is 10.7. The average molecular weight is 192 g/mol. The molecule has 1 unspecified atom stereocenters. The molecule has 1 atom stereocenters. The zero-order chi connectivity index (χ0) is 10.6. The maximum atomic E-state index is 5.73. The van der Waals surface area contributed by atoms with E-state index < -0.39 is 0 Å². The maximum Gasteiger partial charge on any atom is 0.213 e. The van der Waals surface area contributed by atoms with Crippen LogP contribution in [0.5, 0.6) is 5.88 Å². The number of ether oxygens (including phenoxy) is 1. The highest BCUT2D eigenvalue weighted by molar-refractivity contribution is 5.50. The van der Waals surface area contributed by atoms with Gasteiger partial charge in [-0.25, -0.2) is 4.98 Å². The van der Waals surface area contributed by atoms with Crippen molar-refractivity contribution in [3.05, 3.63) is 29.5 Å². The first-order chi connectivity index (χ1) is 6.63. The number of rotatable bonds is 3. The summed E-state index contributed by atoms with van der Waals surface area (Å²) in [6.45, 7) is 3.94. The Kier molecular flexibility index (Phi) is 3.65. The molecule has 0 aliphatic rings. The van der Waals surface area contributed by atoms with Crippen LogP contribution in [-0.2, 0) is 0 Å². The van der Waals surface area contributed by atoms with Gasteiger partial charge in [0.2, 0.25) is 5.88 Å². The molecular formula is C11H16N2O. The molecule has 0 aliphatic heterocycles. The molecule has 0 fully saturated rings. The van der Waals surface area contributed by atoms with Gasteiger partial charge in [-0.05, 0) is 26.0 Å². The number of hydrogen-bond donors (Lipinski definition) is 1. The fourth-order valence-electron chi connectivity index (χ4n) is 0.990. The lowest BCUT2D eigenvalue weighted by atomic mass is 10.1. The van der Waals surface area contributed by atoms with Crippen LogP contribution in [0.15, 0.2) is 23.8 Å². The summed E-state index contributed by atoms with van der Waals surface area (Å²) in [6.07, 6.45) is 1.97. The Bertz CT molecular complexity index is 332. The highest BCUT2D eigenvalue weighted by Gasteiger charge is 1.98. The molecule has 0 aliphatic carbocycles. The number of hydrogen-bond acceptors (Lipinski definition) is 3. The van der Waals surface area contributed by atoms with Crippen LogP contribution in [0.4, 0.5) is 0 Å². The third-order valence-electron chi connectivity index (χ3n) is 2.05. The highest BCUT2D eigenvalue weighted by atomic mass is 16.5. The van der Waals surface area contributed by atoms with Crippen molar-refractivity contribution in [1.82, 2.24) is 4.98 Å². The van der Waals surface area contributed by atoms with Crippen molar-refractivity contribution in [3.63, 3.8) is 0 Å². The molecule has 1 rings (SSSR count). The summed E-state index contributed by atoms with van der Waals surface area (Å²) in [7, 11) is 1.61. The fraction of sp³-hybridized carbons (Fsp3) is 0.364. The number of aromatic nitrogens is 1. The van der Waals surface area contributed by atoms with Crippen molar-refractivity contribution in [2.45, 2.75) is 19.9 Å². The first-order valence-corrected chi connectivity index (χ1v) is 4.58. The van der Waals surface area contributed by atoms with E-state index in [2.05, 4.69) is 4.98 Å². The van der Waals surface area contributed by atoms with Crippen LogP contribution in [0.1, 0.15) is 19.5 Å². The molecule has 3 nitrogen and oxygen atoms in total. The molecule has 0 amide bonds. The molecular weight excluding hydrogens is 176 g/mol. The number of nitrogens with two attached hydrogens (primary N) is 1. The summed E-state index contributed by atoms with van der Waals surface area (Å²) in [5.74, 6) is 0.622. The van der Waals surface area contributed by atoms with E-state index in [1.165, 1.54) is 0 Å². The van der Waals surface area contributed by atoms with E-state index in [-0.39, 0.29) is 6.04 Å². The van der Waals surface area contributed by atoms with Gasteiger partial charge in [0.15, 0.2) is 0 Å². The third-order valence-corrected chi connectivity index (χ3v) is 2.05. The lowest BCUT2D eigenvalue weighted by Crippen LogP contribution is -2.15. The Morgan fingerprint density at radius 1 is 1.57 bits per heavy atom. The second kappa shape index (κ2) is 4.77. The molecule has 14 heavy (non-hydrogen) atoms. The maximum absolute atomic E-state index is 5.73. The zero-order valence-corrected chi connectivity index (χ0v) is 8.82. The molecule has 1 aromatic heterocycles. The van der Waals surface area contributed by atoms with E-state index in [4.69, 9.17) is 10.5 Å². The van der Waals surface area contributed by atoms with Crippen LogP contribution in [0.2, 0.25) is 0 Å². The Balaban J connectivity index is 2.91. The van der Waals surface area contributed by atoms with Crippen molar-refractivity contribution in [2.24, 2.45) is 5.73 Å². The van der Waals surface area contributed by atoms with Gasteiger partial charge in [0.1, 0.15) is 0 Å². The van der Waals surface area contributed by atoms with Crippen LogP contribution >= 0.6 is 0 Å². The summed E-state index contributed by atoms with van der Waals surface area (Å²) in [4.78, 5) is 4.26. The SMILES string of the molecule is COc1cccc(/C=C(/C)C(C)N)n1. The lowest BCUT2D eigenvalue weighted by Gasteiger charge is -2.05. The highest BCUT2D eigenvalue weighted by Crippen LogP contribution is 2.10. The molecule has 3 heteroatoms. The normalized spacial score (nSPS) is 13.9. The predicted molar refractivity (Wildman–Crippen MR) is 58.1 cm³/mol. The van der Waals surface area contributed by atoms with E-state index in [0.29, 0.717) is 5.88 Å². The van der Waals surface area contributed by atoms with Gasteiger partial charge in [0, 0.05) is 12.1 Å². The minimum absolute atomic E-state index is 0.0583. The topological polar surface area (TPSA) is 48.1 Å². The summed E-state index contributed by atoms with van der Waals surface area (Å²) in [5.41, 5.74) is 7.70. The van der Waals surface area contributed by atoms with Gasteiger partial charge in [-0.1, -0.05) is 11.6 Å². The minimum atomic E-state index is 0.0583. The molecule has 0 bridgehead atoms. The van der Waals surface area contributed by atoms with Crippen molar-refractivity contribution < 1.29 is 4.74 Å². The zero-order valence-electron chi connectivity index (χ0n) is 8.82. The Hall–Kier alpha value is -1.35. The summed E-state index contributed by atoms with van der Waals surface area (Å²) in [5, 5.41) is 0. The van der Waals surface area contributed by atoms with Crippen LogP contribution in [0, 0.1) is 0 Å². The van der Waals surface area contributed by atoms with Gasteiger partial charge in [-0.15, -0.1) is 0 Å². The van der Waals surface area contributed by atoms with Crippen molar-refractivity contribution in [2.75, 3.05) is 7.11 Å². The van der Waals surface area contributed by atoms with E-state index >= 15 is 0 Å². The molecule has 1 heterocycles. The molecule has 0 saturated heterocycles. The van der Waals surface area contributed by atoms with Gasteiger partial charge in [0.05, 0.1) is 12.8 Å². The largest absolute Gasteiger partial charge is 0.481 e. The Morgan fingerprint density at radius 3 is 2.86 bits per heavy atom. The molecule has 0 saturated carbocycles. The molecule has 0 radical (unpaired) electrons. The molecule has 76 valence electrons. The molecule has 0 aromatic carbocycles. The second-order valence-corrected chi connectivity index (χ2v) is 3.28. The monoisotopic (exact) mass is 192 g/mol. The van der Waals surface area contributed by atoms with Gasteiger partial charge < -0.3 is 10.5 Å². The first-order valence-electron chi connectivity index (χ1n) is 4.58. The second-order valence-electron chi connectivity index (χ2n) is 3.28. The average Bonchev–Trinajstić information content (AvgIpc) is 2.18. The lowest BCUT2D eigenvalue weighted by molar-refractivity contribution is 0.397. The fourth-order valence-corrected chi connectivity index (χ4v) is 0.990. The van der Waals surface area contributed by atoms with Gasteiger partial charge in [-0.2, -0.15) is 0 Å². The van der Waals surface area contributed by atoms with Crippen molar-refractivity contribution in [3.8, 4) is 5.88 Å². The Labute approximate surface area is 84.6 Å². The van der Waals surface area contributed by atoms with Gasteiger partial charge in [-0.3, -0.25) is 0 Å². The summed E-state index contributed by atoms with van der Waals surface area (Å²) >= 11 is 0. The number of methoxy groups -OCH3 is 1.